The fourth-order valence-corrected chi connectivity index (χ4v) is 1.21. The van der Waals surface area contributed by atoms with Crippen molar-refractivity contribution in [2.24, 2.45) is 5.73 Å². The zero-order valence-corrected chi connectivity index (χ0v) is 8.51. The van der Waals surface area contributed by atoms with Crippen LogP contribution in [0.2, 0.25) is 0 Å². The molecule has 0 bridgehead atoms. The largest absolute Gasteiger partial charge is 0.457 e. The topological polar surface area (TPSA) is 56.2 Å². The minimum absolute atomic E-state index is 0.0719. The van der Waals surface area contributed by atoms with Gasteiger partial charge < -0.3 is 10.2 Å². The van der Waals surface area contributed by atoms with Crippen LogP contribution < -0.4 is 5.73 Å². The van der Waals surface area contributed by atoms with Gasteiger partial charge in [-0.15, -0.1) is 0 Å². The first kappa shape index (κ1) is 12.8. The number of nitrogens with two attached hydrogens (primary N) is 1. The molecule has 0 atom stereocenters. The number of hydrogen-bond acceptors (Lipinski definition) is 3. The Morgan fingerprint density at radius 1 is 1.38 bits per heavy atom. The molecule has 0 aliphatic heterocycles. The first-order chi connectivity index (χ1) is 7.42. The number of furan rings is 1. The summed E-state index contributed by atoms with van der Waals surface area (Å²) in [6.45, 7) is 0.163. The number of Topliss-reactive ketones (excluding diaryl/α,β-unsaturated/α-hetero) is 1. The molecule has 1 rings (SSSR count). The van der Waals surface area contributed by atoms with Crippen molar-refractivity contribution in [1.29, 1.82) is 0 Å². The molecule has 0 aromatic carbocycles. The van der Waals surface area contributed by atoms with Crippen LogP contribution in [-0.2, 0) is 6.54 Å². The van der Waals surface area contributed by atoms with E-state index in [0.29, 0.717) is 5.76 Å². The minimum Gasteiger partial charge on any atom is -0.457 e. The monoisotopic (exact) mass is 235 g/mol. The summed E-state index contributed by atoms with van der Waals surface area (Å²) in [4.78, 5) is 11.4. The Balaban J connectivity index is 2.41. The van der Waals surface area contributed by atoms with Gasteiger partial charge in [0.2, 0.25) is 0 Å². The van der Waals surface area contributed by atoms with Crippen molar-refractivity contribution in [3.63, 3.8) is 0 Å². The van der Waals surface area contributed by atoms with E-state index in [4.69, 9.17) is 10.2 Å². The third kappa shape index (κ3) is 4.06. The lowest BCUT2D eigenvalue weighted by Gasteiger charge is -2.04. The molecule has 3 nitrogen and oxygen atoms in total. The smallest absolute Gasteiger partial charge is 0.389 e. The van der Waals surface area contributed by atoms with Gasteiger partial charge in [-0.3, -0.25) is 4.79 Å². The van der Waals surface area contributed by atoms with Crippen molar-refractivity contribution in [2.45, 2.75) is 32.0 Å². The van der Waals surface area contributed by atoms with Crippen LogP contribution >= 0.6 is 0 Å². The maximum atomic E-state index is 11.8. The average molecular weight is 235 g/mol. The average Bonchev–Trinajstić information content (AvgIpc) is 2.63. The van der Waals surface area contributed by atoms with Crippen LogP contribution in [0.15, 0.2) is 16.5 Å². The zero-order valence-electron chi connectivity index (χ0n) is 8.51. The molecule has 0 aliphatic carbocycles. The van der Waals surface area contributed by atoms with Crippen molar-refractivity contribution in [3.8, 4) is 0 Å². The summed E-state index contributed by atoms with van der Waals surface area (Å²) in [7, 11) is 0. The fourth-order valence-electron chi connectivity index (χ4n) is 1.21. The molecule has 0 unspecified atom stereocenters. The molecule has 6 heteroatoms. The second-order valence-corrected chi connectivity index (χ2v) is 3.36. The van der Waals surface area contributed by atoms with E-state index in [-0.39, 0.29) is 25.1 Å². The lowest BCUT2D eigenvalue weighted by molar-refractivity contribution is -0.135. The number of ketones is 1. The van der Waals surface area contributed by atoms with Crippen LogP contribution in [0.25, 0.3) is 0 Å². The maximum absolute atomic E-state index is 11.8. The van der Waals surface area contributed by atoms with Crippen molar-refractivity contribution < 1.29 is 22.4 Å². The van der Waals surface area contributed by atoms with Crippen molar-refractivity contribution >= 4 is 5.78 Å². The van der Waals surface area contributed by atoms with Crippen LogP contribution in [0.3, 0.4) is 0 Å². The van der Waals surface area contributed by atoms with Gasteiger partial charge in [0.05, 0.1) is 6.54 Å². The summed E-state index contributed by atoms with van der Waals surface area (Å²) < 4.78 is 40.5. The van der Waals surface area contributed by atoms with Crippen LogP contribution in [0.5, 0.6) is 0 Å². The second-order valence-electron chi connectivity index (χ2n) is 3.36. The Morgan fingerprint density at radius 2 is 2.06 bits per heavy atom. The van der Waals surface area contributed by atoms with Gasteiger partial charge in [-0.2, -0.15) is 13.2 Å². The lowest BCUT2D eigenvalue weighted by atomic mass is 10.1. The predicted molar refractivity (Wildman–Crippen MR) is 50.8 cm³/mol. The van der Waals surface area contributed by atoms with Gasteiger partial charge >= 0.3 is 6.18 Å². The summed E-state index contributed by atoms with van der Waals surface area (Å²) in [6.07, 6.45) is -5.56. The van der Waals surface area contributed by atoms with Gasteiger partial charge in [0.1, 0.15) is 5.76 Å². The summed E-state index contributed by atoms with van der Waals surface area (Å²) in [5, 5.41) is 0. The molecule has 1 aromatic rings. The van der Waals surface area contributed by atoms with E-state index in [2.05, 4.69) is 0 Å². The molecule has 0 saturated heterocycles. The Hall–Kier alpha value is -1.30. The normalized spacial score (nSPS) is 11.8. The Morgan fingerprint density at radius 3 is 2.56 bits per heavy atom. The fraction of sp³-hybridized carbons (Fsp3) is 0.500. The number of carbonyl (C=O) groups excluding carboxylic acids is 1. The SMILES string of the molecule is NCc1ccc(C(=O)CCCC(F)(F)F)o1. The van der Waals surface area contributed by atoms with Crippen LogP contribution in [0.1, 0.15) is 35.6 Å². The van der Waals surface area contributed by atoms with E-state index >= 15 is 0 Å². The van der Waals surface area contributed by atoms with Crippen molar-refractivity contribution in [3.05, 3.63) is 23.7 Å². The quantitative estimate of drug-likeness (QED) is 0.798. The van der Waals surface area contributed by atoms with Gasteiger partial charge in [0.25, 0.3) is 0 Å². The number of halogens is 3. The molecular weight excluding hydrogens is 223 g/mol. The highest BCUT2D eigenvalue weighted by Gasteiger charge is 2.26. The molecule has 90 valence electrons. The molecule has 0 radical (unpaired) electrons. The van der Waals surface area contributed by atoms with E-state index in [9.17, 15) is 18.0 Å². The maximum Gasteiger partial charge on any atom is 0.389 e. The van der Waals surface area contributed by atoms with Gasteiger partial charge in [-0.25, -0.2) is 0 Å². The van der Waals surface area contributed by atoms with E-state index in [1.807, 2.05) is 0 Å². The third-order valence-corrected chi connectivity index (χ3v) is 2.00. The number of hydrogen-bond donors (Lipinski definition) is 1. The molecule has 2 N–H and O–H groups in total. The molecule has 0 saturated carbocycles. The highest BCUT2D eigenvalue weighted by molar-refractivity contribution is 5.93. The molecule has 1 heterocycles. The van der Waals surface area contributed by atoms with Gasteiger partial charge in [-0.05, 0) is 18.6 Å². The molecule has 16 heavy (non-hydrogen) atoms. The summed E-state index contributed by atoms with van der Waals surface area (Å²) in [6, 6.07) is 2.97. The standard InChI is InChI=1S/C10H12F3NO2/c11-10(12,13)5-1-2-8(15)9-4-3-7(6-14)16-9/h3-4H,1-2,5-6,14H2. The number of carbonyl (C=O) groups is 1. The highest BCUT2D eigenvalue weighted by atomic mass is 19.4. The van der Waals surface area contributed by atoms with Crippen molar-refractivity contribution in [2.75, 3.05) is 0 Å². The van der Waals surface area contributed by atoms with Crippen LogP contribution in [0, 0.1) is 0 Å². The van der Waals surface area contributed by atoms with E-state index in [1.54, 1.807) is 0 Å². The predicted octanol–water partition coefficient (Wildman–Crippen LogP) is 2.65. The Kier molecular flexibility index (Phi) is 4.12. The summed E-state index contributed by atoms with van der Waals surface area (Å²) in [5.74, 6) is 0.0887. The number of alkyl halides is 3. The van der Waals surface area contributed by atoms with Gasteiger partial charge in [0, 0.05) is 12.8 Å². The Bertz CT molecular complexity index is 357. The van der Waals surface area contributed by atoms with E-state index < -0.39 is 18.4 Å². The second kappa shape index (κ2) is 5.16. The first-order valence-electron chi connectivity index (χ1n) is 4.81. The van der Waals surface area contributed by atoms with E-state index in [0.717, 1.165) is 0 Å². The molecule has 0 fully saturated rings. The third-order valence-electron chi connectivity index (χ3n) is 2.00. The lowest BCUT2D eigenvalue weighted by Crippen LogP contribution is -2.08. The molecule has 0 spiro atoms. The minimum atomic E-state index is -4.22. The van der Waals surface area contributed by atoms with Gasteiger partial charge in [0.15, 0.2) is 11.5 Å². The molecular formula is C10H12F3NO2. The number of rotatable bonds is 5. The first-order valence-corrected chi connectivity index (χ1v) is 4.81. The van der Waals surface area contributed by atoms with Crippen LogP contribution in [-0.4, -0.2) is 12.0 Å². The van der Waals surface area contributed by atoms with Gasteiger partial charge in [-0.1, -0.05) is 0 Å². The van der Waals surface area contributed by atoms with Crippen LogP contribution in [0.4, 0.5) is 13.2 Å². The summed E-state index contributed by atoms with van der Waals surface area (Å²) in [5.41, 5.74) is 5.27. The Labute approximate surface area is 90.4 Å². The van der Waals surface area contributed by atoms with Crippen molar-refractivity contribution in [1.82, 2.24) is 0 Å². The molecule has 0 aliphatic rings. The zero-order chi connectivity index (χ0) is 12.2. The summed E-state index contributed by atoms with van der Waals surface area (Å²) >= 11 is 0. The molecule has 1 aromatic heterocycles. The molecule has 0 amide bonds. The highest BCUT2D eigenvalue weighted by Crippen LogP contribution is 2.23. The van der Waals surface area contributed by atoms with E-state index in [1.165, 1.54) is 12.1 Å².